The van der Waals surface area contributed by atoms with Crippen LogP contribution in [0.3, 0.4) is 0 Å². The van der Waals surface area contributed by atoms with E-state index >= 15 is 0 Å². The second-order valence-corrected chi connectivity index (χ2v) is 2.81. The number of rotatable bonds is 2. The van der Waals surface area contributed by atoms with Gasteiger partial charge >= 0.3 is 0 Å². The minimum absolute atomic E-state index is 0.161. The third kappa shape index (κ3) is 2.46. The fraction of sp³-hybridized carbons (Fsp3) is 0.750. The van der Waals surface area contributed by atoms with Crippen molar-refractivity contribution in [2.45, 2.75) is 25.0 Å². The van der Waals surface area contributed by atoms with E-state index in [0.717, 1.165) is 12.8 Å². The highest BCUT2D eigenvalue weighted by Gasteiger charge is 2.22. The van der Waals surface area contributed by atoms with Crippen molar-refractivity contribution >= 4 is 5.91 Å². The quantitative estimate of drug-likeness (QED) is 0.631. The van der Waals surface area contributed by atoms with Crippen LogP contribution in [-0.4, -0.2) is 31.8 Å². The smallest absolute Gasteiger partial charge is 0.246 e. The molecule has 0 spiro atoms. The second kappa shape index (κ2) is 4.42. The van der Waals surface area contributed by atoms with Crippen LogP contribution in [0.15, 0.2) is 0 Å². The average molecular weight is 172 g/mol. The monoisotopic (exact) mass is 172 g/mol. The van der Waals surface area contributed by atoms with E-state index in [2.05, 4.69) is 0 Å². The summed E-state index contributed by atoms with van der Waals surface area (Å²) >= 11 is 0. The van der Waals surface area contributed by atoms with Crippen molar-refractivity contribution in [3.63, 3.8) is 0 Å². The van der Waals surface area contributed by atoms with Crippen LogP contribution in [0.1, 0.15) is 12.8 Å². The van der Waals surface area contributed by atoms with Crippen LogP contribution in [-0.2, 0) is 14.3 Å². The van der Waals surface area contributed by atoms with Crippen LogP contribution < -0.4 is 5.73 Å². The van der Waals surface area contributed by atoms with Crippen LogP contribution >= 0.6 is 0 Å². The summed E-state index contributed by atoms with van der Waals surface area (Å²) in [5.41, 5.74) is 5.09. The molecule has 1 rings (SSSR count). The highest BCUT2D eigenvalue weighted by molar-refractivity contribution is 5.80. The van der Waals surface area contributed by atoms with Gasteiger partial charge in [-0.1, -0.05) is 0 Å². The van der Waals surface area contributed by atoms with E-state index in [1.807, 2.05) is 0 Å². The van der Waals surface area contributed by atoms with Gasteiger partial charge in [0.2, 0.25) is 5.91 Å². The molecule has 0 saturated carbocycles. The fourth-order valence-corrected chi connectivity index (χ4v) is 1.20. The van der Waals surface area contributed by atoms with Crippen molar-refractivity contribution in [3.05, 3.63) is 6.42 Å². The summed E-state index contributed by atoms with van der Waals surface area (Å²) in [7, 11) is 1.66. The van der Waals surface area contributed by atoms with E-state index in [1.54, 1.807) is 13.5 Å². The summed E-state index contributed by atoms with van der Waals surface area (Å²) in [5.74, 6) is -0.424. The van der Waals surface area contributed by atoms with Gasteiger partial charge in [-0.2, -0.15) is 0 Å². The van der Waals surface area contributed by atoms with Gasteiger partial charge < -0.3 is 15.2 Å². The summed E-state index contributed by atoms with van der Waals surface area (Å²) < 4.78 is 10.3. The molecule has 0 aromatic carbocycles. The Labute approximate surface area is 72.0 Å². The van der Waals surface area contributed by atoms with Crippen molar-refractivity contribution in [2.24, 2.45) is 5.73 Å². The first kappa shape index (κ1) is 9.48. The number of nitrogens with two attached hydrogens (primary N) is 1. The Bertz CT molecular complexity index is 160. The van der Waals surface area contributed by atoms with Crippen LogP contribution in [0, 0.1) is 6.42 Å². The van der Waals surface area contributed by atoms with Crippen molar-refractivity contribution in [2.75, 3.05) is 13.7 Å². The van der Waals surface area contributed by atoms with Gasteiger partial charge in [0, 0.05) is 13.5 Å². The molecule has 12 heavy (non-hydrogen) atoms. The van der Waals surface area contributed by atoms with E-state index in [9.17, 15) is 4.79 Å². The van der Waals surface area contributed by atoms with Crippen LogP contribution in [0.2, 0.25) is 0 Å². The van der Waals surface area contributed by atoms with E-state index in [1.165, 1.54) is 0 Å². The number of carbonyl (C=O) groups excluding carboxylic acids is 1. The maximum atomic E-state index is 10.7. The van der Waals surface area contributed by atoms with Gasteiger partial charge in [-0.3, -0.25) is 4.79 Å². The van der Waals surface area contributed by atoms with E-state index in [0.29, 0.717) is 6.61 Å². The third-order valence-electron chi connectivity index (χ3n) is 1.96. The predicted octanol–water partition coefficient (Wildman–Crippen LogP) is -0.130. The molecule has 0 aliphatic carbocycles. The number of carbonyl (C=O) groups is 1. The molecule has 69 valence electrons. The molecule has 1 amide bonds. The molecule has 0 aromatic rings. The highest BCUT2D eigenvalue weighted by Crippen LogP contribution is 2.14. The van der Waals surface area contributed by atoms with Gasteiger partial charge in [0.1, 0.15) is 6.10 Å². The largest absolute Gasteiger partial charge is 0.381 e. The lowest BCUT2D eigenvalue weighted by molar-refractivity contribution is -0.127. The SMILES string of the molecule is COC1C[CH]C(C(N)=O)OCC1. The summed E-state index contributed by atoms with van der Waals surface area (Å²) in [5, 5.41) is 0. The summed E-state index contributed by atoms with van der Waals surface area (Å²) in [6.07, 6.45) is 2.93. The van der Waals surface area contributed by atoms with Crippen molar-refractivity contribution in [3.8, 4) is 0 Å². The minimum atomic E-state index is -0.537. The number of ether oxygens (including phenoxy) is 2. The first-order valence-electron chi connectivity index (χ1n) is 4.01. The molecule has 2 unspecified atom stereocenters. The fourth-order valence-electron chi connectivity index (χ4n) is 1.20. The lowest BCUT2D eigenvalue weighted by Crippen LogP contribution is -2.31. The van der Waals surface area contributed by atoms with E-state index in [-0.39, 0.29) is 6.10 Å². The molecule has 1 heterocycles. The van der Waals surface area contributed by atoms with Gasteiger partial charge in [-0.25, -0.2) is 0 Å². The molecular weight excluding hydrogens is 158 g/mol. The highest BCUT2D eigenvalue weighted by atomic mass is 16.5. The van der Waals surface area contributed by atoms with Crippen molar-refractivity contribution < 1.29 is 14.3 Å². The predicted molar refractivity (Wildman–Crippen MR) is 43.3 cm³/mol. The molecule has 1 radical (unpaired) electrons. The molecule has 2 atom stereocenters. The maximum Gasteiger partial charge on any atom is 0.246 e. The summed E-state index contributed by atoms with van der Waals surface area (Å²) in [6.45, 7) is 0.530. The van der Waals surface area contributed by atoms with E-state index < -0.39 is 12.0 Å². The minimum Gasteiger partial charge on any atom is -0.381 e. The van der Waals surface area contributed by atoms with Crippen molar-refractivity contribution in [1.82, 2.24) is 0 Å². The third-order valence-corrected chi connectivity index (χ3v) is 1.96. The number of methoxy groups -OCH3 is 1. The molecule has 2 N–H and O–H groups in total. The van der Waals surface area contributed by atoms with Gasteiger partial charge in [0.15, 0.2) is 0 Å². The van der Waals surface area contributed by atoms with E-state index in [4.69, 9.17) is 15.2 Å². The number of hydrogen-bond donors (Lipinski definition) is 1. The lowest BCUT2D eigenvalue weighted by atomic mass is 10.1. The molecule has 4 heteroatoms. The molecule has 1 aliphatic rings. The zero-order valence-electron chi connectivity index (χ0n) is 7.16. The topological polar surface area (TPSA) is 61.5 Å². The first-order chi connectivity index (χ1) is 5.74. The Morgan fingerprint density at radius 2 is 2.50 bits per heavy atom. The van der Waals surface area contributed by atoms with Gasteiger partial charge in [-0.15, -0.1) is 0 Å². The van der Waals surface area contributed by atoms with Gasteiger partial charge in [0.25, 0.3) is 0 Å². The molecule has 1 fully saturated rings. The Kier molecular flexibility index (Phi) is 3.49. The normalized spacial score (nSPS) is 31.1. The number of amides is 1. The zero-order chi connectivity index (χ0) is 8.97. The van der Waals surface area contributed by atoms with Crippen LogP contribution in [0.25, 0.3) is 0 Å². The van der Waals surface area contributed by atoms with Gasteiger partial charge in [0.05, 0.1) is 12.7 Å². The summed E-state index contributed by atoms with van der Waals surface area (Å²) in [4.78, 5) is 10.7. The second-order valence-electron chi connectivity index (χ2n) is 2.81. The molecule has 1 saturated heterocycles. The Morgan fingerprint density at radius 3 is 3.08 bits per heavy atom. The molecule has 1 aliphatic heterocycles. The molecule has 0 aromatic heterocycles. The van der Waals surface area contributed by atoms with Crippen LogP contribution in [0.4, 0.5) is 0 Å². The lowest BCUT2D eigenvalue weighted by Gasteiger charge is -2.09. The maximum absolute atomic E-state index is 10.7. The number of primary amides is 1. The first-order valence-corrected chi connectivity index (χ1v) is 4.01. The zero-order valence-corrected chi connectivity index (χ0v) is 7.16. The number of hydrogen-bond acceptors (Lipinski definition) is 3. The molecular formula is C8H14NO3. The standard InChI is InChI=1S/C8H14NO3/c1-11-6-2-3-7(8(9)10)12-5-4-6/h3,6-7H,2,4-5H2,1H3,(H2,9,10). The molecule has 4 nitrogen and oxygen atoms in total. The molecule has 0 bridgehead atoms. The Hall–Kier alpha value is -0.610. The van der Waals surface area contributed by atoms with Crippen molar-refractivity contribution in [1.29, 1.82) is 0 Å². The van der Waals surface area contributed by atoms with Crippen LogP contribution in [0.5, 0.6) is 0 Å². The Morgan fingerprint density at radius 1 is 1.75 bits per heavy atom. The Balaban J connectivity index is 2.39. The average Bonchev–Trinajstić information content (AvgIpc) is 2.28. The summed E-state index contributed by atoms with van der Waals surface area (Å²) in [6, 6.07) is 0. The van der Waals surface area contributed by atoms with Gasteiger partial charge in [-0.05, 0) is 12.8 Å².